The maximum atomic E-state index is 10.8. The van der Waals surface area contributed by atoms with Crippen LogP contribution in [0.3, 0.4) is 0 Å². The van der Waals surface area contributed by atoms with Gasteiger partial charge in [-0.15, -0.1) is 4.91 Å². The molecule has 16 heavy (non-hydrogen) atoms. The summed E-state index contributed by atoms with van der Waals surface area (Å²) in [6.45, 7) is 0. The second kappa shape index (κ2) is 4.44. The highest BCUT2D eigenvalue weighted by Gasteiger charge is 2.12. The van der Waals surface area contributed by atoms with E-state index >= 15 is 0 Å². The molecule has 0 aromatic heterocycles. The van der Waals surface area contributed by atoms with E-state index in [0.29, 0.717) is 11.4 Å². The Labute approximate surface area is 92.7 Å². The van der Waals surface area contributed by atoms with Crippen LogP contribution in [0.2, 0.25) is 0 Å². The number of para-hydroxylation sites is 3. The first kappa shape index (κ1) is 10.2. The Morgan fingerprint density at radius 3 is 2.19 bits per heavy atom. The summed E-state index contributed by atoms with van der Waals surface area (Å²) < 4.78 is 0. The average Bonchev–Trinajstić information content (AvgIpc) is 2.34. The van der Waals surface area contributed by atoms with Crippen LogP contribution >= 0.6 is 0 Å². The molecule has 2 aromatic carbocycles. The Morgan fingerprint density at radius 2 is 1.56 bits per heavy atom. The van der Waals surface area contributed by atoms with Gasteiger partial charge < -0.3 is 5.11 Å². The zero-order valence-corrected chi connectivity index (χ0v) is 8.45. The molecule has 0 amide bonds. The van der Waals surface area contributed by atoms with Crippen molar-refractivity contribution >= 4 is 11.4 Å². The normalized spacial score (nSPS) is 9.75. The van der Waals surface area contributed by atoms with Crippen LogP contribution in [0.1, 0.15) is 0 Å². The van der Waals surface area contributed by atoms with Crippen LogP contribution in [0, 0.1) is 4.91 Å². The van der Waals surface area contributed by atoms with Gasteiger partial charge in [0.15, 0.2) is 0 Å². The molecule has 0 unspecified atom stereocenters. The second-order valence-corrected chi connectivity index (χ2v) is 3.22. The summed E-state index contributed by atoms with van der Waals surface area (Å²) >= 11 is 0. The standard InChI is InChI=1S/C12H10N2O2/c15-12-9-5-4-8-11(12)14(13-16)10-6-2-1-3-7-10/h1-9,15H. The molecule has 0 aliphatic carbocycles. The summed E-state index contributed by atoms with van der Waals surface area (Å²) in [6.07, 6.45) is 0. The van der Waals surface area contributed by atoms with Crippen molar-refractivity contribution in [1.29, 1.82) is 0 Å². The fourth-order valence-corrected chi connectivity index (χ4v) is 1.44. The van der Waals surface area contributed by atoms with E-state index in [0.717, 1.165) is 5.01 Å². The number of hydrogen-bond donors (Lipinski definition) is 1. The van der Waals surface area contributed by atoms with E-state index < -0.39 is 0 Å². The number of anilines is 2. The molecule has 80 valence electrons. The first-order valence-electron chi connectivity index (χ1n) is 4.79. The number of rotatable bonds is 3. The van der Waals surface area contributed by atoms with Crippen LogP contribution in [0.25, 0.3) is 0 Å². The highest BCUT2D eigenvalue weighted by atomic mass is 16.3. The summed E-state index contributed by atoms with van der Waals surface area (Å²) in [5.74, 6) is 0.0194. The topological polar surface area (TPSA) is 52.9 Å². The Balaban J connectivity index is 2.45. The number of nitroso groups, excluding NO2 is 1. The number of aromatic hydroxyl groups is 1. The van der Waals surface area contributed by atoms with E-state index in [4.69, 9.17) is 0 Å². The molecule has 0 radical (unpaired) electrons. The second-order valence-electron chi connectivity index (χ2n) is 3.22. The fraction of sp³-hybridized carbons (Fsp3) is 0. The Kier molecular flexibility index (Phi) is 2.82. The Morgan fingerprint density at radius 1 is 0.938 bits per heavy atom. The number of nitrogens with zero attached hydrogens (tertiary/aromatic N) is 2. The molecule has 4 nitrogen and oxygen atoms in total. The minimum atomic E-state index is 0.0194. The monoisotopic (exact) mass is 214 g/mol. The summed E-state index contributed by atoms with van der Waals surface area (Å²) in [7, 11) is 0. The highest BCUT2D eigenvalue weighted by molar-refractivity contribution is 5.67. The lowest BCUT2D eigenvalue weighted by molar-refractivity contribution is 0.475. The van der Waals surface area contributed by atoms with Gasteiger partial charge in [0.1, 0.15) is 11.4 Å². The molecular weight excluding hydrogens is 204 g/mol. The molecule has 1 N–H and O–H groups in total. The predicted octanol–water partition coefficient (Wildman–Crippen LogP) is 3.21. The van der Waals surface area contributed by atoms with E-state index in [-0.39, 0.29) is 5.75 Å². The fourth-order valence-electron chi connectivity index (χ4n) is 1.44. The lowest BCUT2D eigenvalue weighted by atomic mass is 10.2. The maximum Gasteiger partial charge on any atom is 0.141 e. The van der Waals surface area contributed by atoms with Gasteiger partial charge in [0, 0.05) is 0 Å². The number of phenols is 1. The van der Waals surface area contributed by atoms with Gasteiger partial charge in [0.2, 0.25) is 0 Å². The molecule has 0 bridgehead atoms. The molecule has 0 fully saturated rings. The smallest absolute Gasteiger partial charge is 0.141 e. The molecule has 0 aliphatic heterocycles. The maximum absolute atomic E-state index is 10.8. The van der Waals surface area contributed by atoms with Crippen LogP contribution in [0.5, 0.6) is 5.75 Å². The third-order valence-corrected chi connectivity index (χ3v) is 2.19. The zero-order valence-electron chi connectivity index (χ0n) is 8.45. The SMILES string of the molecule is O=NN(c1ccccc1)c1ccccc1O. The van der Waals surface area contributed by atoms with Crippen molar-refractivity contribution in [1.82, 2.24) is 0 Å². The number of hydrogen-bond acceptors (Lipinski definition) is 3. The third kappa shape index (κ3) is 1.86. The highest BCUT2D eigenvalue weighted by Crippen LogP contribution is 2.32. The van der Waals surface area contributed by atoms with Crippen molar-refractivity contribution < 1.29 is 5.11 Å². The summed E-state index contributed by atoms with van der Waals surface area (Å²) in [6, 6.07) is 15.5. The van der Waals surface area contributed by atoms with Crippen molar-refractivity contribution in [3.8, 4) is 5.75 Å². The molecule has 0 aliphatic rings. The van der Waals surface area contributed by atoms with Crippen LogP contribution in [-0.2, 0) is 0 Å². The van der Waals surface area contributed by atoms with Gasteiger partial charge in [-0.05, 0) is 24.3 Å². The summed E-state index contributed by atoms with van der Waals surface area (Å²) in [4.78, 5) is 10.8. The molecule has 0 saturated carbocycles. The molecule has 2 rings (SSSR count). The van der Waals surface area contributed by atoms with E-state index in [1.54, 1.807) is 42.5 Å². The van der Waals surface area contributed by atoms with Gasteiger partial charge in [-0.2, -0.15) is 5.01 Å². The van der Waals surface area contributed by atoms with Crippen molar-refractivity contribution in [2.45, 2.75) is 0 Å². The largest absolute Gasteiger partial charge is 0.506 e. The quantitative estimate of drug-likeness (QED) is 0.630. The zero-order chi connectivity index (χ0) is 11.4. The first-order chi connectivity index (χ1) is 7.83. The molecule has 2 aromatic rings. The van der Waals surface area contributed by atoms with Crippen LogP contribution in [0.15, 0.2) is 59.9 Å². The van der Waals surface area contributed by atoms with Crippen LogP contribution in [0.4, 0.5) is 11.4 Å². The average molecular weight is 214 g/mol. The molecule has 0 saturated heterocycles. The predicted molar refractivity (Wildman–Crippen MR) is 62.5 cm³/mol. The summed E-state index contributed by atoms with van der Waals surface area (Å²) in [5, 5.41) is 13.7. The van der Waals surface area contributed by atoms with Gasteiger partial charge in [-0.25, -0.2) is 0 Å². The van der Waals surface area contributed by atoms with Crippen LogP contribution in [-0.4, -0.2) is 5.11 Å². The molecular formula is C12H10N2O2. The van der Waals surface area contributed by atoms with Crippen molar-refractivity contribution in [2.75, 3.05) is 5.01 Å². The van der Waals surface area contributed by atoms with Crippen molar-refractivity contribution in [3.05, 3.63) is 59.5 Å². The lowest BCUT2D eigenvalue weighted by Crippen LogP contribution is -2.07. The summed E-state index contributed by atoms with van der Waals surface area (Å²) in [5.41, 5.74) is 0.975. The lowest BCUT2D eigenvalue weighted by Gasteiger charge is -2.15. The van der Waals surface area contributed by atoms with E-state index in [1.165, 1.54) is 6.07 Å². The minimum absolute atomic E-state index is 0.0194. The molecule has 0 heterocycles. The van der Waals surface area contributed by atoms with E-state index in [2.05, 4.69) is 5.29 Å². The Bertz CT molecular complexity index is 485. The van der Waals surface area contributed by atoms with Gasteiger partial charge in [0.05, 0.1) is 11.0 Å². The van der Waals surface area contributed by atoms with Gasteiger partial charge in [-0.3, -0.25) is 0 Å². The number of phenolic OH excluding ortho intramolecular Hbond substituents is 1. The molecule has 0 atom stereocenters. The molecule has 0 spiro atoms. The van der Waals surface area contributed by atoms with Crippen LogP contribution < -0.4 is 5.01 Å². The molecule has 4 heteroatoms. The Hall–Kier alpha value is -2.36. The van der Waals surface area contributed by atoms with Gasteiger partial charge in [-0.1, -0.05) is 30.3 Å². The van der Waals surface area contributed by atoms with Gasteiger partial charge in [0.25, 0.3) is 0 Å². The van der Waals surface area contributed by atoms with E-state index in [1.807, 2.05) is 6.07 Å². The van der Waals surface area contributed by atoms with Crippen molar-refractivity contribution in [2.24, 2.45) is 5.29 Å². The minimum Gasteiger partial charge on any atom is -0.506 e. The number of benzene rings is 2. The first-order valence-corrected chi connectivity index (χ1v) is 4.79. The van der Waals surface area contributed by atoms with E-state index in [9.17, 15) is 10.0 Å². The van der Waals surface area contributed by atoms with Crippen molar-refractivity contribution in [3.63, 3.8) is 0 Å². The van der Waals surface area contributed by atoms with Gasteiger partial charge >= 0.3 is 0 Å². The third-order valence-electron chi connectivity index (χ3n) is 2.19.